The smallest absolute Gasteiger partial charge is 0.249 e. The summed E-state index contributed by atoms with van der Waals surface area (Å²) in [7, 11) is 4.64. The molecule has 9 heteroatoms. The van der Waals surface area contributed by atoms with E-state index in [0.29, 0.717) is 40.0 Å². The molecule has 0 amide bonds. The van der Waals surface area contributed by atoms with Gasteiger partial charge in [0, 0.05) is 23.5 Å². The Balaban J connectivity index is 1.84. The molecule has 2 N–H and O–H groups in total. The van der Waals surface area contributed by atoms with Crippen molar-refractivity contribution in [2.75, 3.05) is 32.0 Å². The van der Waals surface area contributed by atoms with Gasteiger partial charge in [0.15, 0.2) is 17.3 Å². The molecule has 1 heterocycles. The molecule has 0 saturated heterocycles. The van der Waals surface area contributed by atoms with Gasteiger partial charge >= 0.3 is 0 Å². The van der Waals surface area contributed by atoms with Crippen molar-refractivity contribution in [1.29, 1.82) is 5.26 Å². The van der Waals surface area contributed by atoms with Crippen LogP contribution in [-0.2, 0) is 0 Å². The zero-order chi connectivity index (χ0) is 19.9. The minimum absolute atomic E-state index is 0.285. The first-order chi connectivity index (χ1) is 13.7. The van der Waals surface area contributed by atoms with Crippen molar-refractivity contribution < 1.29 is 14.2 Å². The van der Waals surface area contributed by atoms with Crippen LogP contribution in [0.4, 0.5) is 23.1 Å². The number of hydrogen-bond donors (Lipinski definition) is 2. The normalized spacial score (nSPS) is 9.93. The van der Waals surface area contributed by atoms with Crippen molar-refractivity contribution >= 4 is 23.1 Å². The fourth-order valence-corrected chi connectivity index (χ4v) is 2.51. The van der Waals surface area contributed by atoms with Crippen LogP contribution in [-0.4, -0.2) is 36.5 Å². The van der Waals surface area contributed by atoms with Gasteiger partial charge < -0.3 is 24.8 Å². The zero-order valence-corrected chi connectivity index (χ0v) is 15.6. The third-order valence-electron chi connectivity index (χ3n) is 3.74. The van der Waals surface area contributed by atoms with Gasteiger partial charge in [0.05, 0.1) is 39.2 Å². The Morgan fingerprint density at radius 2 is 1.68 bits per heavy atom. The highest BCUT2D eigenvalue weighted by molar-refractivity contribution is 5.67. The standard InChI is InChI=1S/C19H18N6O3/c1-26-15-8-14(9-16(27-2)18(15)28-3)22-17-11-21-25-19(24-17)23-13-6-4-5-12(7-13)10-20/h4-9,11H,1-3H3,(H2,22,23,24,25). The molecule has 3 rings (SSSR count). The lowest BCUT2D eigenvalue weighted by Gasteiger charge is -2.15. The number of aromatic nitrogens is 3. The van der Waals surface area contributed by atoms with Gasteiger partial charge in [-0.3, -0.25) is 0 Å². The van der Waals surface area contributed by atoms with E-state index in [1.165, 1.54) is 6.20 Å². The highest BCUT2D eigenvalue weighted by atomic mass is 16.5. The van der Waals surface area contributed by atoms with E-state index in [1.54, 1.807) is 51.7 Å². The number of benzene rings is 2. The molecule has 0 saturated carbocycles. The van der Waals surface area contributed by atoms with Crippen LogP contribution in [0.3, 0.4) is 0 Å². The van der Waals surface area contributed by atoms with Crippen molar-refractivity contribution in [3.63, 3.8) is 0 Å². The number of anilines is 4. The summed E-state index contributed by atoms with van der Waals surface area (Å²) in [6, 6.07) is 12.6. The maximum Gasteiger partial charge on any atom is 0.249 e. The van der Waals surface area contributed by atoms with E-state index in [2.05, 4.69) is 31.9 Å². The molecule has 9 nitrogen and oxygen atoms in total. The quantitative estimate of drug-likeness (QED) is 0.639. The largest absolute Gasteiger partial charge is 0.493 e. The van der Waals surface area contributed by atoms with E-state index in [0.717, 1.165) is 0 Å². The average Bonchev–Trinajstić information content (AvgIpc) is 2.73. The number of nitrogens with one attached hydrogen (secondary N) is 2. The minimum atomic E-state index is 0.285. The van der Waals surface area contributed by atoms with Gasteiger partial charge in [-0.2, -0.15) is 15.3 Å². The Morgan fingerprint density at radius 3 is 2.32 bits per heavy atom. The molecular formula is C19H18N6O3. The van der Waals surface area contributed by atoms with Crippen LogP contribution in [0.25, 0.3) is 0 Å². The summed E-state index contributed by atoms with van der Waals surface area (Å²) in [5, 5.41) is 23.1. The summed E-state index contributed by atoms with van der Waals surface area (Å²) in [5.41, 5.74) is 1.89. The number of rotatable bonds is 7. The first kappa shape index (κ1) is 18.7. The summed E-state index contributed by atoms with van der Waals surface area (Å²) < 4.78 is 16.0. The van der Waals surface area contributed by atoms with Gasteiger partial charge in [0.1, 0.15) is 0 Å². The fraction of sp³-hybridized carbons (Fsp3) is 0.158. The number of hydrogen-bond acceptors (Lipinski definition) is 9. The molecule has 0 fully saturated rings. The lowest BCUT2D eigenvalue weighted by atomic mass is 10.2. The van der Waals surface area contributed by atoms with Crippen LogP contribution in [0.5, 0.6) is 17.2 Å². The molecule has 3 aromatic rings. The molecule has 1 aromatic heterocycles. The van der Waals surface area contributed by atoms with Gasteiger partial charge in [0.2, 0.25) is 11.7 Å². The first-order valence-corrected chi connectivity index (χ1v) is 8.20. The summed E-state index contributed by atoms with van der Waals surface area (Å²) in [6.07, 6.45) is 1.49. The molecule has 0 spiro atoms. The van der Waals surface area contributed by atoms with E-state index in [-0.39, 0.29) is 5.95 Å². The number of nitrogens with zero attached hydrogens (tertiary/aromatic N) is 4. The summed E-state index contributed by atoms with van der Waals surface area (Å²) in [6.45, 7) is 0. The molecular weight excluding hydrogens is 360 g/mol. The Hall–Kier alpha value is -4.06. The van der Waals surface area contributed by atoms with Crippen molar-refractivity contribution in [3.8, 4) is 23.3 Å². The Bertz CT molecular complexity index is 994. The van der Waals surface area contributed by atoms with E-state index in [1.807, 2.05) is 6.07 Å². The number of ether oxygens (including phenoxy) is 3. The average molecular weight is 378 g/mol. The molecule has 0 aliphatic rings. The second kappa shape index (κ2) is 8.55. The van der Waals surface area contributed by atoms with Gasteiger partial charge in [0.25, 0.3) is 0 Å². The number of methoxy groups -OCH3 is 3. The molecule has 28 heavy (non-hydrogen) atoms. The van der Waals surface area contributed by atoms with E-state index >= 15 is 0 Å². The summed E-state index contributed by atoms with van der Waals surface area (Å²) in [5.74, 6) is 2.27. The highest BCUT2D eigenvalue weighted by Gasteiger charge is 2.14. The molecule has 0 bridgehead atoms. The molecule has 0 aliphatic carbocycles. The SMILES string of the molecule is COc1cc(Nc2cnnc(Nc3cccc(C#N)c3)n2)cc(OC)c1OC. The second-order valence-electron chi connectivity index (χ2n) is 5.52. The van der Waals surface area contributed by atoms with Gasteiger partial charge in [-0.25, -0.2) is 0 Å². The van der Waals surface area contributed by atoms with Crippen LogP contribution >= 0.6 is 0 Å². The lowest BCUT2D eigenvalue weighted by molar-refractivity contribution is 0.324. The highest BCUT2D eigenvalue weighted by Crippen LogP contribution is 2.40. The maximum absolute atomic E-state index is 9.00. The summed E-state index contributed by atoms with van der Waals surface area (Å²) >= 11 is 0. The molecule has 0 unspecified atom stereocenters. The fourth-order valence-electron chi connectivity index (χ4n) is 2.51. The van der Waals surface area contributed by atoms with Gasteiger partial charge in [-0.15, -0.1) is 5.10 Å². The Kier molecular flexibility index (Phi) is 5.72. The second-order valence-corrected chi connectivity index (χ2v) is 5.52. The molecule has 2 aromatic carbocycles. The summed E-state index contributed by atoms with van der Waals surface area (Å²) in [4.78, 5) is 4.38. The van der Waals surface area contributed by atoms with Crippen molar-refractivity contribution in [2.24, 2.45) is 0 Å². The van der Waals surface area contributed by atoms with Crippen LogP contribution < -0.4 is 24.8 Å². The van der Waals surface area contributed by atoms with Crippen molar-refractivity contribution in [3.05, 3.63) is 48.2 Å². The zero-order valence-electron chi connectivity index (χ0n) is 15.6. The van der Waals surface area contributed by atoms with E-state index in [4.69, 9.17) is 19.5 Å². The predicted octanol–water partition coefficient (Wildman–Crippen LogP) is 3.26. The van der Waals surface area contributed by atoms with Crippen LogP contribution in [0, 0.1) is 11.3 Å². The third-order valence-corrected chi connectivity index (χ3v) is 3.74. The van der Waals surface area contributed by atoms with Crippen LogP contribution in [0.2, 0.25) is 0 Å². The minimum Gasteiger partial charge on any atom is -0.493 e. The molecule has 142 valence electrons. The first-order valence-electron chi connectivity index (χ1n) is 8.20. The topological polar surface area (TPSA) is 114 Å². The Morgan fingerprint density at radius 1 is 0.929 bits per heavy atom. The lowest BCUT2D eigenvalue weighted by Crippen LogP contribution is -2.03. The van der Waals surface area contributed by atoms with Crippen LogP contribution in [0.15, 0.2) is 42.6 Å². The van der Waals surface area contributed by atoms with Gasteiger partial charge in [-0.1, -0.05) is 6.07 Å². The third kappa shape index (κ3) is 4.19. The van der Waals surface area contributed by atoms with Gasteiger partial charge in [-0.05, 0) is 18.2 Å². The Labute approximate surface area is 161 Å². The molecule has 0 aliphatic heterocycles. The number of nitriles is 1. The van der Waals surface area contributed by atoms with Crippen molar-refractivity contribution in [2.45, 2.75) is 0 Å². The van der Waals surface area contributed by atoms with Crippen LogP contribution in [0.1, 0.15) is 5.56 Å². The van der Waals surface area contributed by atoms with Crippen molar-refractivity contribution in [1.82, 2.24) is 15.2 Å². The monoisotopic (exact) mass is 378 g/mol. The maximum atomic E-state index is 9.00. The molecule has 0 atom stereocenters. The van der Waals surface area contributed by atoms with E-state index in [9.17, 15) is 0 Å². The van der Waals surface area contributed by atoms with E-state index < -0.39 is 0 Å². The predicted molar refractivity (Wildman–Crippen MR) is 104 cm³/mol. The molecule has 0 radical (unpaired) electrons.